The molecule has 4 N–H and O–H groups in total. The zero-order chi connectivity index (χ0) is 40.1. The maximum Gasteiger partial charge on any atom is 0.135 e. The van der Waals surface area contributed by atoms with E-state index in [1.165, 1.54) is 103 Å². The molecular formula is C54H60N4O. The van der Waals surface area contributed by atoms with Crippen molar-refractivity contribution in [2.45, 2.75) is 122 Å². The topological polar surface area (TPSA) is 75.0 Å². The Labute approximate surface area is 350 Å². The normalized spacial score (nSPS) is 25.1. The van der Waals surface area contributed by atoms with Gasteiger partial charge in [0.15, 0.2) is 0 Å². The molecule has 4 bridgehead atoms. The molecule has 5 nitrogen and oxygen atoms in total. The minimum atomic E-state index is -0.306. The molecule has 10 rings (SSSR count). The second-order valence-electron chi connectivity index (χ2n) is 18.1. The van der Waals surface area contributed by atoms with E-state index in [4.69, 9.17) is 15.9 Å². The second-order valence-corrected chi connectivity index (χ2v) is 18.1. The molecule has 0 amide bonds. The van der Waals surface area contributed by atoms with E-state index in [-0.39, 0.29) is 5.54 Å². The fourth-order valence-corrected chi connectivity index (χ4v) is 10.7. The van der Waals surface area contributed by atoms with Crippen molar-refractivity contribution in [2.75, 3.05) is 0 Å². The molecule has 2 unspecified atom stereocenters. The number of furan rings is 1. The minimum absolute atomic E-state index is 0.306. The zero-order valence-corrected chi connectivity index (χ0v) is 35.2. The molecule has 302 valence electrons. The van der Waals surface area contributed by atoms with Crippen molar-refractivity contribution in [1.29, 1.82) is 0 Å². The SMILES string of the molecule is CCCCC/C=C\c1c(CN)c2c(n1-c1ccc3oc4ccc(-n5c6c(c7c5/C=C\C5CC/C(=C/7)C5)/C=C(/CCCC)CC/C=C\6)cc4c3c1)/C=C\C1(N)CC/C(=C/2)C1. The van der Waals surface area contributed by atoms with E-state index in [2.05, 4.69) is 126 Å². The highest BCUT2D eigenvalue weighted by Gasteiger charge is 2.33. The van der Waals surface area contributed by atoms with Gasteiger partial charge < -0.3 is 25.0 Å². The van der Waals surface area contributed by atoms with E-state index >= 15 is 0 Å². The maximum atomic E-state index is 6.95. The lowest BCUT2D eigenvalue weighted by molar-refractivity contribution is 0.560. The monoisotopic (exact) mass is 780 g/mol. The van der Waals surface area contributed by atoms with Gasteiger partial charge in [-0.05, 0) is 149 Å². The van der Waals surface area contributed by atoms with Gasteiger partial charge in [0.2, 0.25) is 0 Å². The van der Waals surface area contributed by atoms with Crippen LogP contribution in [0.25, 0.3) is 75.8 Å². The number of allylic oxidation sites excluding steroid dienone is 5. The minimum Gasteiger partial charge on any atom is -0.456 e. The molecule has 0 radical (unpaired) electrons. The van der Waals surface area contributed by atoms with Gasteiger partial charge in [-0.15, -0.1) is 0 Å². The first kappa shape index (κ1) is 38.1. The number of rotatable bonds is 11. The van der Waals surface area contributed by atoms with Crippen molar-refractivity contribution < 1.29 is 4.42 Å². The summed E-state index contributed by atoms with van der Waals surface area (Å²) in [7, 11) is 0. The molecule has 3 heterocycles. The fourth-order valence-electron chi connectivity index (χ4n) is 10.7. The number of aromatic nitrogens is 2. The Morgan fingerprint density at radius 1 is 0.797 bits per heavy atom. The maximum absolute atomic E-state index is 6.95. The molecule has 2 atom stereocenters. The number of hydrogen-bond acceptors (Lipinski definition) is 3. The Kier molecular flexibility index (Phi) is 10.2. The fraction of sp³-hybridized carbons (Fsp3) is 0.370. The Hall–Kier alpha value is -5.10. The van der Waals surface area contributed by atoms with Crippen LogP contribution in [0.4, 0.5) is 0 Å². The smallest absolute Gasteiger partial charge is 0.135 e. The van der Waals surface area contributed by atoms with E-state index in [0.717, 1.165) is 77.5 Å². The van der Waals surface area contributed by atoms with Gasteiger partial charge in [0.25, 0.3) is 0 Å². The van der Waals surface area contributed by atoms with Crippen LogP contribution in [0, 0.1) is 5.92 Å². The zero-order valence-electron chi connectivity index (χ0n) is 35.2. The van der Waals surface area contributed by atoms with Crippen molar-refractivity contribution >= 4 is 64.5 Å². The van der Waals surface area contributed by atoms with Crippen molar-refractivity contribution in [1.82, 2.24) is 9.13 Å². The number of hydrogen-bond donors (Lipinski definition) is 2. The Morgan fingerprint density at radius 2 is 1.54 bits per heavy atom. The molecule has 2 fully saturated rings. The molecule has 0 spiro atoms. The summed E-state index contributed by atoms with van der Waals surface area (Å²) in [4.78, 5) is 0. The van der Waals surface area contributed by atoms with Crippen LogP contribution in [-0.2, 0) is 6.54 Å². The highest BCUT2D eigenvalue weighted by Crippen LogP contribution is 2.44. The molecular weight excluding hydrogens is 721 g/mol. The van der Waals surface area contributed by atoms with Crippen LogP contribution in [0.5, 0.6) is 0 Å². The van der Waals surface area contributed by atoms with Gasteiger partial charge >= 0.3 is 0 Å². The van der Waals surface area contributed by atoms with Crippen LogP contribution in [0.15, 0.2) is 81.8 Å². The van der Waals surface area contributed by atoms with Gasteiger partial charge in [-0.3, -0.25) is 0 Å². The molecule has 2 saturated carbocycles. The van der Waals surface area contributed by atoms with Crippen LogP contribution >= 0.6 is 0 Å². The van der Waals surface area contributed by atoms with Gasteiger partial charge in [0, 0.05) is 50.9 Å². The number of unbranched alkanes of at least 4 members (excludes halogenated alkanes) is 4. The van der Waals surface area contributed by atoms with Crippen LogP contribution in [-0.4, -0.2) is 14.7 Å². The molecule has 5 heteroatoms. The van der Waals surface area contributed by atoms with E-state index in [0.29, 0.717) is 12.5 Å². The summed E-state index contributed by atoms with van der Waals surface area (Å²) in [6.45, 7) is 5.03. The van der Waals surface area contributed by atoms with E-state index < -0.39 is 0 Å². The molecule has 3 aromatic heterocycles. The molecule has 5 aromatic rings. The standard InChI is InChI=1S/C54H60N4O/c1-3-5-7-8-9-14-49-47(35-55)44-31-39-24-26-54(56,34-39)27-25-51(44)58(49)41-20-23-53-46(33-41)45-32-40(19-22-52(45)59-53)57-48-15-11-10-13-36(12-6-4-2)29-42(48)43-30-38-17-16-37(28-38)18-21-50(43)57/h9,11,14-15,18-23,25,27,29-33,37H,3-8,10,12-13,16-17,24,26,28,34-35,55-56H2,1-2H3/b14-9-,15-11-,21-18-,27-25-,36-29-,38-30-,39-31-. The summed E-state index contributed by atoms with van der Waals surface area (Å²) in [6, 6.07) is 13.5. The third-order valence-electron chi connectivity index (χ3n) is 13.9. The molecule has 59 heavy (non-hydrogen) atoms. The van der Waals surface area contributed by atoms with Crippen molar-refractivity contribution in [3.63, 3.8) is 0 Å². The lowest BCUT2D eigenvalue weighted by atomic mass is 9.94. The largest absolute Gasteiger partial charge is 0.456 e. The second kappa shape index (κ2) is 15.8. The van der Waals surface area contributed by atoms with E-state index in [1.807, 2.05) is 0 Å². The van der Waals surface area contributed by atoms with Gasteiger partial charge in [0.05, 0.1) is 22.8 Å². The molecule has 5 aliphatic carbocycles. The first-order valence-corrected chi connectivity index (χ1v) is 22.7. The highest BCUT2D eigenvalue weighted by molar-refractivity contribution is 6.06. The molecule has 0 saturated heterocycles. The number of benzene rings is 2. The van der Waals surface area contributed by atoms with Crippen molar-refractivity contribution in [2.24, 2.45) is 17.4 Å². The average Bonchev–Trinajstić information content (AvgIpc) is 4.04. The summed E-state index contributed by atoms with van der Waals surface area (Å²) in [5.41, 5.74) is 32.0. The lowest BCUT2D eigenvalue weighted by Gasteiger charge is -2.20. The van der Waals surface area contributed by atoms with Gasteiger partial charge in [0.1, 0.15) is 11.2 Å². The lowest BCUT2D eigenvalue weighted by Crippen LogP contribution is -2.33. The predicted molar refractivity (Wildman–Crippen MR) is 251 cm³/mol. The Morgan fingerprint density at radius 3 is 2.34 bits per heavy atom. The first-order chi connectivity index (χ1) is 28.9. The van der Waals surface area contributed by atoms with Gasteiger partial charge in [-0.25, -0.2) is 0 Å². The predicted octanol–water partition coefficient (Wildman–Crippen LogP) is 14.1. The number of nitrogens with zero attached hydrogens (tertiary/aromatic N) is 2. The summed E-state index contributed by atoms with van der Waals surface area (Å²) >= 11 is 0. The van der Waals surface area contributed by atoms with Crippen LogP contribution < -0.4 is 11.5 Å². The summed E-state index contributed by atoms with van der Waals surface area (Å²) in [6.07, 6.45) is 43.5. The van der Waals surface area contributed by atoms with Gasteiger partial charge in [-0.2, -0.15) is 0 Å². The van der Waals surface area contributed by atoms with Crippen LogP contribution in [0.3, 0.4) is 0 Å². The number of fused-ring (bicyclic) bond motifs is 11. The third kappa shape index (κ3) is 7.00. The quantitative estimate of drug-likeness (QED) is 0.131. The third-order valence-corrected chi connectivity index (χ3v) is 13.9. The van der Waals surface area contributed by atoms with E-state index in [1.54, 1.807) is 11.1 Å². The van der Waals surface area contributed by atoms with Crippen molar-refractivity contribution in [3.05, 3.63) is 122 Å². The summed E-state index contributed by atoms with van der Waals surface area (Å²) in [5.74, 6) is 0.616. The van der Waals surface area contributed by atoms with Gasteiger partial charge in [-0.1, -0.05) is 92.4 Å². The summed E-state index contributed by atoms with van der Waals surface area (Å²) < 4.78 is 11.6. The first-order valence-electron chi connectivity index (χ1n) is 22.7. The highest BCUT2D eigenvalue weighted by atomic mass is 16.3. The summed E-state index contributed by atoms with van der Waals surface area (Å²) in [5, 5.41) is 2.24. The van der Waals surface area contributed by atoms with Crippen LogP contribution in [0.2, 0.25) is 0 Å². The van der Waals surface area contributed by atoms with E-state index in [9.17, 15) is 0 Å². The number of nitrogens with two attached hydrogens (primary N) is 2. The van der Waals surface area contributed by atoms with Crippen LogP contribution in [0.1, 0.15) is 155 Å². The average molecular weight is 781 g/mol. The Balaban J connectivity index is 1.16. The molecule has 5 aliphatic rings. The molecule has 0 aliphatic heterocycles. The Bertz CT molecular complexity index is 2680. The molecule has 2 aromatic carbocycles. The van der Waals surface area contributed by atoms with Crippen molar-refractivity contribution in [3.8, 4) is 11.4 Å².